The molecular formula is C35H36N2O7. The van der Waals surface area contributed by atoms with Crippen LogP contribution in [0, 0.1) is 12.3 Å². The van der Waals surface area contributed by atoms with E-state index in [2.05, 4.69) is 5.92 Å². The number of aliphatic hydroxyl groups excluding tert-OH is 1. The second-order valence-corrected chi connectivity index (χ2v) is 10.6. The molecule has 1 aliphatic rings. The molecule has 1 N–H and O–H groups in total. The van der Waals surface area contributed by atoms with E-state index in [1.165, 1.54) is 16.8 Å². The number of benzene rings is 3. The highest BCUT2D eigenvalue weighted by molar-refractivity contribution is 5.49. The molecule has 9 nitrogen and oxygen atoms in total. The number of unbranched alkanes of at least 4 members (excludes halogenated alkanes) is 1. The van der Waals surface area contributed by atoms with Crippen molar-refractivity contribution in [2.45, 2.75) is 49.8 Å². The summed E-state index contributed by atoms with van der Waals surface area (Å²) < 4.78 is 26.4. The Morgan fingerprint density at radius 2 is 1.50 bits per heavy atom. The van der Waals surface area contributed by atoms with Crippen LogP contribution < -0.4 is 20.7 Å². The van der Waals surface area contributed by atoms with Gasteiger partial charge in [0.05, 0.1) is 26.9 Å². The molecule has 1 aromatic heterocycles. The van der Waals surface area contributed by atoms with E-state index in [1.54, 1.807) is 14.2 Å². The van der Waals surface area contributed by atoms with Crippen molar-refractivity contribution >= 4 is 0 Å². The van der Waals surface area contributed by atoms with Gasteiger partial charge in [0.25, 0.3) is 5.56 Å². The Hall–Kier alpha value is -4.62. The number of ether oxygens (including phenoxy) is 4. The molecule has 9 heteroatoms. The predicted octanol–water partition coefficient (Wildman–Crippen LogP) is 4.10. The van der Waals surface area contributed by atoms with Gasteiger partial charge in [0.1, 0.15) is 29.4 Å². The fraction of sp³-hybridized carbons (Fsp3) is 0.314. The molecule has 0 radical (unpaired) electrons. The molecule has 0 amide bonds. The molecule has 5 rings (SSSR count). The summed E-state index contributed by atoms with van der Waals surface area (Å²) >= 11 is 0. The first-order valence-electron chi connectivity index (χ1n) is 14.5. The third kappa shape index (κ3) is 6.19. The molecule has 228 valence electrons. The second kappa shape index (κ2) is 13.8. The number of methoxy groups -OCH3 is 2. The minimum Gasteiger partial charge on any atom is -0.497 e. The van der Waals surface area contributed by atoms with Gasteiger partial charge < -0.3 is 24.1 Å². The standard InChI is InChI=1S/C35H36N2O7/c1-4-5-9-21-36-32(39)20-22-37(34(36)40)33-23-30(38)31(44-33)24-43-35(25-10-7-6-8-11-25,26-12-16-28(41-2)17-13-26)27-14-18-29(42-3)19-15-27/h1,6-8,10-20,22,30-31,33,38H,5,9,21,23-24H2,2-3H3. The smallest absolute Gasteiger partial charge is 0.333 e. The number of aromatic nitrogens is 2. The lowest BCUT2D eigenvalue weighted by molar-refractivity contribution is -0.0946. The van der Waals surface area contributed by atoms with Crippen LogP contribution in [-0.4, -0.2) is 47.3 Å². The van der Waals surface area contributed by atoms with Gasteiger partial charge in [0, 0.05) is 31.6 Å². The average molecular weight is 597 g/mol. The van der Waals surface area contributed by atoms with Crippen molar-refractivity contribution in [2.75, 3.05) is 20.8 Å². The number of hydrogen-bond donors (Lipinski definition) is 1. The summed E-state index contributed by atoms with van der Waals surface area (Å²) in [6.45, 7) is 0.203. The van der Waals surface area contributed by atoms with Crippen LogP contribution in [0.2, 0.25) is 0 Å². The Labute approximate surface area is 256 Å². The monoisotopic (exact) mass is 596 g/mol. The van der Waals surface area contributed by atoms with E-state index in [1.807, 2.05) is 78.9 Å². The van der Waals surface area contributed by atoms with Crippen LogP contribution in [0.25, 0.3) is 0 Å². The lowest BCUT2D eigenvalue weighted by atomic mass is 9.80. The van der Waals surface area contributed by atoms with E-state index in [0.29, 0.717) is 24.3 Å². The fourth-order valence-electron chi connectivity index (χ4n) is 5.61. The Kier molecular flexibility index (Phi) is 9.65. The molecule has 4 aromatic rings. The Morgan fingerprint density at radius 1 is 0.909 bits per heavy atom. The van der Waals surface area contributed by atoms with E-state index in [-0.39, 0.29) is 19.6 Å². The number of hydrogen-bond acceptors (Lipinski definition) is 7. The van der Waals surface area contributed by atoms with Gasteiger partial charge in [0.15, 0.2) is 0 Å². The summed E-state index contributed by atoms with van der Waals surface area (Å²) in [5.41, 5.74) is 0.538. The van der Waals surface area contributed by atoms with Gasteiger partial charge in [-0.2, -0.15) is 0 Å². The molecule has 1 saturated heterocycles. The summed E-state index contributed by atoms with van der Waals surface area (Å²) in [4.78, 5) is 25.6. The van der Waals surface area contributed by atoms with Crippen LogP contribution in [0.4, 0.5) is 0 Å². The van der Waals surface area contributed by atoms with E-state index >= 15 is 0 Å². The largest absolute Gasteiger partial charge is 0.497 e. The first-order chi connectivity index (χ1) is 21.4. The molecule has 2 heterocycles. The minimum absolute atomic E-state index is 0.00117. The molecule has 0 spiro atoms. The van der Waals surface area contributed by atoms with Crippen LogP contribution in [-0.2, 0) is 21.6 Å². The molecule has 3 atom stereocenters. The van der Waals surface area contributed by atoms with E-state index in [9.17, 15) is 14.7 Å². The molecular weight excluding hydrogens is 560 g/mol. The normalized spacial score (nSPS) is 18.1. The molecule has 3 aromatic carbocycles. The summed E-state index contributed by atoms with van der Waals surface area (Å²) in [6.07, 6.45) is 5.38. The van der Waals surface area contributed by atoms with Gasteiger partial charge in [0.2, 0.25) is 0 Å². The van der Waals surface area contributed by atoms with Crippen LogP contribution in [0.5, 0.6) is 11.5 Å². The summed E-state index contributed by atoms with van der Waals surface area (Å²) in [5, 5.41) is 11.1. The van der Waals surface area contributed by atoms with Crippen molar-refractivity contribution in [1.29, 1.82) is 0 Å². The molecule has 44 heavy (non-hydrogen) atoms. The molecule has 0 saturated carbocycles. The zero-order valence-electron chi connectivity index (χ0n) is 24.8. The summed E-state index contributed by atoms with van der Waals surface area (Å²) in [7, 11) is 3.23. The van der Waals surface area contributed by atoms with Gasteiger partial charge in [-0.25, -0.2) is 4.79 Å². The van der Waals surface area contributed by atoms with E-state index < -0.39 is 35.3 Å². The van der Waals surface area contributed by atoms with Gasteiger partial charge in [-0.1, -0.05) is 54.6 Å². The Morgan fingerprint density at radius 3 is 2.07 bits per heavy atom. The lowest BCUT2D eigenvalue weighted by Crippen LogP contribution is -2.40. The maximum atomic E-state index is 13.2. The first kappa shape index (κ1) is 30.8. The zero-order valence-corrected chi connectivity index (χ0v) is 24.8. The number of nitrogens with zero attached hydrogens (tertiary/aromatic N) is 2. The van der Waals surface area contributed by atoms with Gasteiger partial charge in [-0.15, -0.1) is 12.3 Å². The topological polar surface area (TPSA) is 101 Å². The van der Waals surface area contributed by atoms with Gasteiger partial charge in [-0.3, -0.25) is 13.9 Å². The number of terminal acetylenes is 1. The quantitative estimate of drug-likeness (QED) is 0.149. The first-order valence-corrected chi connectivity index (χ1v) is 14.5. The lowest BCUT2D eigenvalue weighted by Gasteiger charge is -2.37. The van der Waals surface area contributed by atoms with E-state index in [0.717, 1.165) is 21.3 Å². The highest BCUT2D eigenvalue weighted by Crippen LogP contribution is 2.42. The maximum Gasteiger partial charge on any atom is 0.333 e. The Bertz CT molecular complexity index is 1640. The average Bonchev–Trinajstić information content (AvgIpc) is 3.43. The molecule has 1 aliphatic heterocycles. The predicted molar refractivity (Wildman–Crippen MR) is 166 cm³/mol. The fourth-order valence-corrected chi connectivity index (χ4v) is 5.61. The summed E-state index contributed by atoms with van der Waals surface area (Å²) in [6, 6.07) is 26.5. The maximum absolute atomic E-state index is 13.2. The molecule has 0 bridgehead atoms. The van der Waals surface area contributed by atoms with Crippen molar-refractivity contribution < 1.29 is 24.1 Å². The molecule has 0 aliphatic carbocycles. The van der Waals surface area contributed by atoms with Crippen molar-refractivity contribution in [1.82, 2.24) is 9.13 Å². The van der Waals surface area contributed by atoms with Crippen molar-refractivity contribution in [3.8, 4) is 23.8 Å². The van der Waals surface area contributed by atoms with Crippen LogP contribution >= 0.6 is 0 Å². The Balaban J connectivity index is 1.49. The third-order valence-corrected chi connectivity index (χ3v) is 7.95. The van der Waals surface area contributed by atoms with Crippen molar-refractivity contribution in [3.63, 3.8) is 0 Å². The zero-order chi connectivity index (χ0) is 31.1. The SMILES string of the molecule is C#CCCCn1c(=O)ccn(C2CC(O)C(COC(c3ccccc3)(c3ccc(OC)cc3)c3ccc(OC)cc3)O2)c1=O. The van der Waals surface area contributed by atoms with Gasteiger partial charge >= 0.3 is 5.69 Å². The summed E-state index contributed by atoms with van der Waals surface area (Å²) in [5.74, 6) is 3.93. The van der Waals surface area contributed by atoms with Crippen molar-refractivity contribution in [3.05, 3.63) is 129 Å². The molecule has 1 fully saturated rings. The number of rotatable bonds is 12. The third-order valence-electron chi connectivity index (χ3n) is 7.95. The highest BCUT2D eigenvalue weighted by Gasteiger charge is 2.42. The van der Waals surface area contributed by atoms with Crippen LogP contribution in [0.3, 0.4) is 0 Å². The second-order valence-electron chi connectivity index (χ2n) is 10.6. The number of aliphatic hydroxyl groups is 1. The highest BCUT2D eigenvalue weighted by atomic mass is 16.6. The van der Waals surface area contributed by atoms with Gasteiger partial charge in [-0.05, 0) is 47.4 Å². The van der Waals surface area contributed by atoms with E-state index in [4.69, 9.17) is 25.4 Å². The van der Waals surface area contributed by atoms with Crippen LogP contribution in [0.1, 0.15) is 42.2 Å². The van der Waals surface area contributed by atoms with Crippen molar-refractivity contribution in [2.24, 2.45) is 0 Å². The van der Waals surface area contributed by atoms with Crippen LogP contribution in [0.15, 0.2) is 101 Å². The molecule has 3 unspecified atom stereocenters. The minimum atomic E-state index is -1.10.